The number of nitrogens with zero attached hydrogens (tertiary/aromatic N) is 2. The van der Waals surface area contributed by atoms with Gasteiger partial charge in [0, 0.05) is 12.6 Å². The van der Waals surface area contributed by atoms with Crippen molar-refractivity contribution in [2.24, 2.45) is 5.41 Å². The number of hydrogen-bond donors (Lipinski definition) is 0. The maximum atomic E-state index is 12.8. The Kier molecular flexibility index (Phi) is 2.67. The summed E-state index contributed by atoms with van der Waals surface area (Å²) in [7, 11) is 1.78. The van der Waals surface area contributed by atoms with Gasteiger partial charge in [-0.2, -0.15) is 0 Å². The zero-order valence-corrected chi connectivity index (χ0v) is 13.2. The van der Waals surface area contributed by atoms with Gasteiger partial charge in [0.05, 0.1) is 1.37 Å². The van der Waals surface area contributed by atoms with Crippen LogP contribution in [0.4, 0.5) is 0 Å². The Hall–Kier alpha value is -1.81. The molecule has 0 N–H and O–H groups in total. The van der Waals surface area contributed by atoms with Crippen molar-refractivity contribution in [2.45, 2.75) is 39.4 Å². The SMILES string of the molecule is [2H]C1=C(c2ccccc2)ON2[C@@H](C(C)(C)C)N(C)C(=O)[C@]12C. The summed E-state index contributed by atoms with van der Waals surface area (Å²) in [5.41, 5.74) is -0.418. The monoisotopic (exact) mass is 287 g/mol. The number of likely N-dealkylation sites (N-methyl/N-ethyl adjacent to an activating group) is 1. The van der Waals surface area contributed by atoms with Gasteiger partial charge in [-0.1, -0.05) is 51.1 Å². The molecule has 3 rings (SSSR count). The molecule has 2 aliphatic rings. The molecule has 1 aromatic carbocycles. The van der Waals surface area contributed by atoms with Crippen LogP contribution in [0.5, 0.6) is 0 Å². The molecule has 0 bridgehead atoms. The normalized spacial score (nSPS) is 30.5. The standard InChI is InChI=1S/C17H22N2O2/c1-16(2,3)14-18(5)15(20)17(4)11-13(21-19(14)17)12-9-7-6-8-10-12/h6-11,14H,1-5H3/t14-,17-/m0/s1/i11D. The second kappa shape index (κ2) is 4.34. The van der Waals surface area contributed by atoms with Gasteiger partial charge in [0.15, 0.2) is 11.3 Å². The number of carbonyl (C=O) groups is 1. The smallest absolute Gasteiger partial charge is 0.251 e. The molecule has 1 amide bonds. The van der Waals surface area contributed by atoms with E-state index in [2.05, 4.69) is 20.8 Å². The Labute approximate surface area is 127 Å². The fourth-order valence-electron chi connectivity index (χ4n) is 3.19. The fourth-order valence-corrected chi connectivity index (χ4v) is 3.19. The summed E-state index contributed by atoms with van der Waals surface area (Å²) in [6.07, 6.45) is -0.216. The van der Waals surface area contributed by atoms with Crippen LogP contribution in [0.15, 0.2) is 36.4 Å². The summed E-state index contributed by atoms with van der Waals surface area (Å²) in [6.45, 7) is 7.98. The molecule has 2 atom stereocenters. The Balaban J connectivity index is 2.10. The largest absolute Gasteiger partial charge is 0.402 e. The summed E-state index contributed by atoms with van der Waals surface area (Å²) in [6, 6.07) is 9.75. The van der Waals surface area contributed by atoms with Crippen LogP contribution in [0.1, 0.15) is 34.6 Å². The van der Waals surface area contributed by atoms with Crippen LogP contribution in [-0.2, 0) is 9.63 Å². The average molecular weight is 287 g/mol. The molecule has 0 spiro atoms. The minimum Gasteiger partial charge on any atom is -0.402 e. The van der Waals surface area contributed by atoms with Gasteiger partial charge in [-0.15, -0.1) is 5.06 Å². The first-order chi connectivity index (χ1) is 10.2. The van der Waals surface area contributed by atoms with E-state index in [1.54, 1.807) is 23.9 Å². The van der Waals surface area contributed by atoms with Crippen LogP contribution in [0, 0.1) is 5.41 Å². The topological polar surface area (TPSA) is 32.8 Å². The molecule has 4 nitrogen and oxygen atoms in total. The van der Waals surface area contributed by atoms with E-state index in [-0.39, 0.29) is 23.5 Å². The third-order valence-electron chi connectivity index (χ3n) is 4.12. The maximum absolute atomic E-state index is 12.8. The Bertz CT molecular complexity index is 650. The Morgan fingerprint density at radius 1 is 1.29 bits per heavy atom. The molecule has 0 aliphatic carbocycles. The van der Waals surface area contributed by atoms with Crippen LogP contribution in [0.25, 0.3) is 5.76 Å². The molecule has 112 valence electrons. The third-order valence-corrected chi connectivity index (χ3v) is 4.12. The molecule has 0 radical (unpaired) electrons. The number of benzene rings is 1. The molecule has 0 aromatic heterocycles. The van der Waals surface area contributed by atoms with Crippen LogP contribution in [0.3, 0.4) is 0 Å². The van der Waals surface area contributed by atoms with E-state index in [4.69, 9.17) is 6.21 Å². The highest BCUT2D eigenvalue weighted by atomic mass is 16.7. The van der Waals surface area contributed by atoms with E-state index in [9.17, 15) is 4.79 Å². The summed E-state index contributed by atoms with van der Waals surface area (Å²) in [5, 5.41) is 1.69. The average Bonchev–Trinajstić information content (AvgIpc) is 2.82. The van der Waals surface area contributed by atoms with Crippen LogP contribution in [-0.4, -0.2) is 34.6 Å². The van der Waals surface area contributed by atoms with Gasteiger partial charge in [-0.3, -0.25) is 4.79 Å². The molecule has 2 heterocycles. The molecule has 4 heteroatoms. The quantitative estimate of drug-likeness (QED) is 0.796. The fraction of sp³-hybridized carbons (Fsp3) is 0.471. The lowest BCUT2D eigenvalue weighted by Gasteiger charge is -2.37. The predicted octanol–water partition coefficient (Wildman–Crippen LogP) is 2.88. The molecule has 21 heavy (non-hydrogen) atoms. The second-order valence-corrected chi connectivity index (χ2v) is 6.97. The van der Waals surface area contributed by atoms with Crippen molar-refractivity contribution >= 4 is 11.7 Å². The van der Waals surface area contributed by atoms with E-state index in [1.165, 1.54) is 0 Å². The number of hydrogen-bond acceptors (Lipinski definition) is 3. The first-order valence-electron chi connectivity index (χ1n) is 7.70. The van der Waals surface area contributed by atoms with Gasteiger partial charge < -0.3 is 9.74 Å². The second-order valence-electron chi connectivity index (χ2n) is 6.97. The van der Waals surface area contributed by atoms with Crippen LogP contribution in [0.2, 0.25) is 0 Å². The minimum atomic E-state index is -1.06. The molecular weight excluding hydrogens is 264 g/mol. The number of rotatable bonds is 1. The molecule has 1 aromatic rings. The lowest BCUT2D eigenvalue weighted by molar-refractivity contribution is -0.171. The predicted molar refractivity (Wildman–Crippen MR) is 81.8 cm³/mol. The van der Waals surface area contributed by atoms with E-state index in [1.807, 2.05) is 30.3 Å². The first-order valence-corrected chi connectivity index (χ1v) is 7.20. The van der Waals surface area contributed by atoms with E-state index >= 15 is 0 Å². The minimum absolute atomic E-state index is 0.0941. The molecule has 2 aliphatic heterocycles. The highest BCUT2D eigenvalue weighted by Gasteiger charge is 2.60. The van der Waals surface area contributed by atoms with Gasteiger partial charge in [-0.05, 0) is 18.4 Å². The van der Waals surface area contributed by atoms with Crippen LogP contribution < -0.4 is 0 Å². The molecule has 0 unspecified atom stereocenters. The summed E-state index contributed by atoms with van der Waals surface area (Å²) in [5.74, 6) is 0.377. The summed E-state index contributed by atoms with van der Waals surface area (Å²) in [4.78, 5) is 20.5. The lowest BCUT2D eigenvalue weighted by atomic mass is 9.91. The number of amides is 1. The van der Waals surface area contributed by atoms with Crippen molar-refractivity contribution < 1.29 is 11.0 Å². The maximum Gasteiger partial charge on any atom is 0.251 e. The molecule has 1 fully saturated rings. The molecular formula is C17H22N2O2. The van der Waals surface area contributed by atoms with Gasteiger partial charge in [0.2, 0.25) is 0 Å². The number of carbonyl (C=O) groups excluding carboxylic acids is 1. The summed E-state index contributed by atoms with van der Waals surface area (Å²) >= 11 is 0. The molecule has 1 saturated heterocycles. The van der Waals surface area contributed by atoms with Gasteiger partial charge >= 0.3 is 0 Å². The number of fused-ring (bicyclic) bond motifs is 1. The van der Waals surface area contributed by atoms with Gasteiger partial charge in [0.25, 0.3) is 5.91 Å². The van der Waals surface area contributed by atoms with Crippen molar-refractivity contribution in [3.8, 4) is 0 Å². The lowest BCUT2D eigenvalue weighted by Crippen LogP contribution is -2.48. The van der Waals surface area contributed by atoms with Crippen molar-refractivity contribution in [2.75, 3.05) is 7.05 Å². The summed E-state index contributed by atoms with van der Waals surface area (Å²) < 4.78 is 8.53. The van der Waals surface area contributed by atoms with Crippen molar-refractivity contribution in [3.63, 3.8) is 0 Å². The van der Waals surface area contributed by atoms with Gasteiger partial charge in [0.1, 0.15) is 6.17 Å². The zero-order chi connectivity index (χ0) is 16.3. The Morgan fingerprint density at radius 2 is 1.90 bits per heavy atom. The van der Waals surface area contributed by atoms with E-state index in [0.29, 0.717) is 5.76 Å². The van der Waals surface area contributed by atoms with Crippen molar-refractivity contribution in [1.29, 1.82) is 0 Å². The third kappa shape index (κ3) is 1.97. The number of hydroxylamine groups is 2. The van der Waals surface area contributed by atoms with Crippen LogP contribution >= 0.6 is 0 Å². The van der Waals surface area contributed by atoms with Crippen molar-refractivity contribution in [3.05, 3.63) is 41.9 Å². The molecule has 0 saturated carbocycles. The Morgan fingerprint density at radius 3 is 2.48 bits per heavy atom. The van der Waals surface area contributed by atoms with E-state index < -0.39 is 5.54 Å². The van der Waals surface area contributed by atoms with E-state index in [0.717, 1.165) is 5.56 Å². The van der Waals surface area contributed by atoms with Crippen molar-refractivity contribution in [1.82, 2.24) is 9.96 Å². The first kappa shape index (κ1) is 12.9. The highest BCUT2D eigenvalue weighted by Crippen LogP contribution is 2.46. The zero-order valence-electron chi connectivity index (χ0n) is 14.2. The highest BCUT2D eigenvalue weighted by molar-refractivity contribution is 5.93. The van der Waals surface area contributed by atoms with Gasteiger partial charge in [-0.25, -0.2) is 0 Å².